The number of carbonyl (C=O) groups is 2. The molecule has 37 heavy (non-hydrogen) atoms. The van der Waals surface area contributed by atoms with E-state index in [-0.39, 0.29) is 6.42 Å². The summed E-state index contributed by atoms with van der Waals surface area (Å²) in [4.78, 5) is 24.6. The third-order valence-corrected chi connectivity index (χ3v) is 7.01. The minimum absolute atomic E-state index is 0.00302. The molecule has 0 aliphatic rings. The van der Waals surface area contributed by atoms with Crippen LogP contribution in [0.3, 0.4) is 0 Å². The number of thioether (sulfide) groups is 1. The van der Waals surface area contributed by atoms with E-state index in [1.54, 1.807) is 31.7 Å². The summed E-state index contributed by atoms with van der Waals surface area (Å²) < 4.78 is 10.9. The highest BCUT2D eigenvalue weighted by Gasteiger charge is 2.20. The van der Waals surface area contributed by atoms with Gasteiger partial charge in [0.15, 0.2) is 5.76 Å². The van der Waals surface area contributed by atoms with E-state index in [2.05, 4.69) is 10.5 Å². The number of rotatable bonds is 9. The lowest BCUT2D eigenvalue weighted by molar-refractivity contribution is -0.136. The van der Waals surface area contributed by atoms with Crippen molar-refractivity contribution in [1.82, 2.24) is 5.16 Å². The minimum atomic E-state index is -0.849. The highest BCUT2D eigenvalue weighted by molar-refractivity contribution is 7.98. The SMILES string of the molecule is Cc1onc(-c2ccc(CSc3cccc(CC(=O)O)c3)cc2)c1NC(=O)OC(C)c1ccccc1Cl. The summed E-state index contributed by atoms with van der Waals surface area (Å²) in [6.07, 6.45) is -1.18. The molecule has 0 spiro atoms. The molecule has 1 heterocycles. The smallest absolute Gasteiger partial charge is 0.412 e. The van der Waals surface area contributed by atoms with Crippen LogP contribution in [0.15, 0.2) is 82.2 Å². The lowest BCUT2D eigenvalue weighted by atomic mass is 10.1. The number of hydrogen-bond acceptors (Lipinski definition) is 6. The zero-order valence-electron chi connectivity index (χ0n) is 20.2. The Bertz CT molecular complexity index is 1400. The number of amides is 1. The Hall–Kier alpha value is -3.75. The van der Waals surface area contributed by atoms with Crippen LogP contribution in [0.1, 0.15) is 35.5 Å². The average molecular weight is 537 g/mol. The Balaban J connectivity index is 1.40. The van der Waals surface area contributed by atoms with E-state index >= 15 is 0 Å². The standard InChI is InChI=1S/C28H25ClN2O5S/c1-17(23-8-3-4-9-24(23)29)35-28(34)30-26-18(2)36-31-27(26)21-12-10-19(11-13-21)16-37-22-7-5-6-20(14-22)15-25(32)33/h3-14,17H,15-16H2,1-2H3,(H,30,34)(H,32,33). The molecule has 9 heteroatoms. The van der Waals surface area contributed by atoms with Crippen LogP contribution < -0.4 is 5.32 Å². The lowest BCUT2D eigenvalue weighted by Gasteiger charge is -2.15. The van der Waals surface area contributed by atoms with Crippen molar-refractivity contribution in [2.45, 2.75) is 37.0 Å². The first-order valence-corrected chi connectivity index (χ1v) is 12.9. The molecule has 2 N–H and O–H groups in total. The normalized spacial score (nSPS) is 11.6. The molecule has 0 aliphatic heterocycles. The number of anilines is 1. The zero-order valence-corrected chi connectivity index (χ0v) is 21.8. The number of ether oxygens (including phenoxy) is 1. The Morgan fingerprint density at radius 3 is 2.57 bits per heavy atom. The number of aromatic nitrogens is 1. The van der Waals surface area contributed by atoms with E-state index < -0.39 is 18.2 Å². The molecule has 1 unspecified atom stereocenters. The Morgan fingerprint density at radius 1 is 1.08 bits per heavy atom. The maximum atomic E-state index is 12.6. The third kappa shape index (κ3) is 6.93. The molecule has 0 aliphatic carbocycles. The molecule has 0 saturated carbocycles. The van der Waals surface area contributed by atoms with Gasteiger partial charge in [-0.05, 0) is 43.2 Å². The van der Waals surface area contributed by atoms with Crippen molar-refractivity contribution in [2.75, 3.05) is 5.32 Å². The van der Waals surface area contributed by atoms with Gasteiger partial charge in [0.25, 0.3) is 0 Å². The van der Waals surface area contributed by atoms with Gasteiger partial charge in [0, 0.05) is 26.8 Å². The molecule has 7 nitrogen and oxygen atoms in total. The number of carbonyl (C=O) groups excluding carboxylic acids is 1. The zero-order chi connectivity index (χ0) is 26.4. The topological polar surface area (TPSA) is 102 Å². The Morgan fingerprint density at radius 2 is 1.84 bits per heavy atom. The fourth-order valence-electron chi connectivity index (χ4n) is 3.72. The van der Waals surface area contributed by atoms with Gasteiger partial charge in [0.1, 0.15) is 17.5 Å². The van der Waals surface area contributed by atoms with Crippen molar-refractivity contribution in [2.24, 2.45) is 0 Å². The Labute approximate surface area is 223 Å². The van der Waals surface area contributed by atoms with Gasteiger partial charge in [-0.25, -0.2) is 4.79 Å². The minimum Gasteiger partial charge on any atom is -0.481 e. The second-order valence-electron chi connectivity index (χ2n) is 8.36. The molecule has 1 aromatic heterocycles. The highest BCUT2D eigenvalue weighted by Crippen LogP contribution is 2.32. The van der Waals surface area contributed by atoms with Gasteiger partial charge >= 0.3 is 12.1 Å². The first kappa shape index (κ1) is 26.3. The number of carboxylic acid groups (broad SMARTS) is 1. The number of benzene rings is 3. The first-order chi connectivity index (χ1) is 17.8. The van der Waals surface area contributed by atoms with Gasteiger partial charge in [-0.3, -0.25) is 10.1 Å². The van der Waals surface area contributed by atoms with Crippen LogP contribution in [0.2, 0.25) is 5.02 Å². The van der Waals surface area contributed by atoms with Gasteiger partial charge in [-0.1, -0.05) is 71.4 Å². The monoisotopic (exact) mass is 536 g/mol. The average Bonchev–Trinajstić information content (AvgIpc) is 3.22. The molecule has 0 saturated heterocycles. The summed E-state index contributed by atoms with van der Waals surface area (Å²) in [7, 11) is 0. The predicted octanol–water partition coefficient (Wildman–Crippen LogP) is 7.53. The molecule has 4 rings (SSSR count). The maximum absolute atomic E-state index is 12.6. The highest BCUT2D eigenvalue weighted by atomic mass is 35.5. The van der Waals surface area contributed by atoms with Crippen LogP contribution in [0.25, 0.3) is 11.3 Å². The summed E-state index contributed by atoms with van der Waals surface area (Å²) in [6.45, 7) is 3.47. The van der Waals surface area contributed by atoms with Crippen molar-refractivity contribution >= 4 is 41.1 Å². The molecule has 3 aromatic carbocycles. The molecule has 190 valence electrons. The molecule has 1 amide bonds. The van der Waals surface area contributed by atoms with Gasteiger partial charge < -0.3 is 14.4 Å². The quantitative estimate of drug-likeness (QED) is 0.213. The summed E-state index contributed by atoms with van der Waals surface area (Å²) in [5, 5.41) is 16.4. The van der Waals surface area contributed by atoms with Crippen molar-refractivity contribution < 1.29 is 24.0 Å². The van der Waals surface area contributed by atoms with E-state index in [0.29, 0.717) is 33.5 Å². The second kappa shape index (κ2) is 12.0. The number of carboxylic acids is 1. The first-order valence-electron chi connectivity index (χ1n) is 11.5. The lowest BCUT2D eigenvalue weighted by Crippen LogP contribution is -2.17. The number of nitrogens with one attached hydrogen (secondary N) is 1. The van der Waals surface area contributed by atoms with Gasteiger partial charge in [0.05, 0.1) is 6.42 Å². The number of nitrogens with zero attached hydrogens (tertiary/aromatic N) is 1. The summed E-state index contributed by atoms with van der Waals surface area (Å²) >= 11 is 7.84. The number of aliphatic carboxylic acids is 1. The van der Waals surface area contributed by atoms with Gasteiger partial charge in [0.2, 0.25) is 0 Å². The third-order valence-electron chi connectivity index (χ3n) is 5.60. The van der Waals surface area contributed by atoms with Crippen molar-refractivity contribution in [1.29, 1.82) is 0 Å². The van der Waals surface area contributed by atoms with Crippen LogP contribution >= 0.6 is 23.4 Å². The van der Waals surface area contributed by atoms with Crippen LogP contribution in [0.5, 0.6) is 0 Å². The molecule has 0 fully saturated rings. The molecular weight excluding hydrogens is 512 g/mol. The summed E-state index contributed by atoms with van der Waals surface area (Å²) in [5.41, 5.74) is 4.29. The Kier molecular flexibility index (Phi) is 8.53. The van der Waals surface area contributed by atoms with E-state index in [9.17, 15) is 9.59 Å². The summed E-state index contributed by atoms with van der Waals surface area (Å²) in [6, 6.07) is 22.5. The van der Waals surface area contributed by atoms with E-state index in [1.165, 1.54) is 0 Å². The maximum Gasteiger partial charge on any atom is 0.412 e. The molecule has 0 bridgehead atoms. The van der Waals surface area contributed by atoms with E-state index in [0.717, 1.165) is 21.6 Å². The van der Waals surface area contributed by atoms with Crippen LogP contribution in [-0.2, 0) is 21.7 Å². The fraction of sp³-hybridized carbons (Fsp3) is 0.179. The van der Waals surface area contributed by atoms with Crippen LogP contribution in [0.4, 0.5) is 10.5 Å². The van der Waals surface area contributed by atoms with Gasteiger partial charge in [-0.15, -0.1) is 11.8 Å². The fourth-order valence-corrected chi connectivity index (χ4v) is 4.95. The van der Waals surface area contributed by atoms with E-state index in [4.69, 9.17) is 26.0 Å². The van der Waals surface area contributed by atoms with E-state index in [1.807, 2.05) is 66.7 Å². The van der Waals surface area contributed by atoms with Crippen molar-refractivity contribution in [3.8, 4) is 11.3 Å². The molecule has 1 atom stereocenters. The van der Waals surface area contributed by atoms with Crippen molar-refractivity contribution in [3.63, 3.8) is 0 Å². The number of halogens is 1. The largest absolute Gasteiger partial charge is 0.481 e. The number of aryl methyl sites for hydroxylation is 1. The van der Waals surface area contributed by atoms with Gasteiger partial charge in [-0.2, -0.15) is 0 Å². The van der Waals surface area contributed by atoms with Crippen molar-refractivity contribution in [3.05, 3.63) is 100 Å². The molecular formula is C28H25ClN2O5S. The molecule has 0 radical (unpaired) electrons. The van der Waals surface area contributed by atoms with Crippen LogP contribution in [0, 0.1) is 6.92 Å². The number of hydrogen-bond donors (Lipinski definition) is 2. The predicted molar refractivity (Wildman–Crippen MR) is 144 cm³/mol. The van der Waals surface area contributed by atoms with Crippen LogP contribution in [-0.4, -0.2) is 22.3 Å². The second-order valence-corrected chi connectivity index (χ2v) is 9.82. The summed E-state index contributed by atoms with van der Waals surface area (Å²) in [5.74, 6) is 0.322. The molecule has 4 aromatic rings.